The molecule has 1 saturated carbocycles. The first-order valence-corrected chi connectivity index (χ1v) is 12.5. The van der Waals surface area contributed by atoms with Gasteiger partial charge >= 0.3 is 6.09 Å². The van der Waals surface area contributed by atoms with Gasteiger partial charge < -0.3 is 19.9 Å². The fourth-order valence-corrected chi connectivity index (χ4v) is 5.39. The number of halogens is 1. The van der Waals surface area contributed by atoms with E-state index < -0.39 is 35.7 Å². The van der Waals surface area contributed by atoms with Crippen LogP contribution in [0.4, 0.5) is 9.18 Å². The molecule has 1 aromatic carbocycles. The fourth-order valence-electron chi connectivity index (χ4n) is 5.39. The molecule has 1 aromatic rings. The van der Waals surface area contributed by atoms with E-state index in [-0.39, 0.29) is 55.0 Å². The Bertz CT molecular complexity index is 1110. The van der Waals surface area contributed by atoms with Crippen LogP contribution in [0.3, 0.4) is 0 Å². The van der Waals surface area contributed by atoms with Crippen LogP contribution in [0.25, 0.3) is 0 Å². The van der Waals surface area contributed by atoms with Crippen LogP contribution in [-0.2, 0) is 32.2 Å². The van der Waals surface area contributed by atoms with Gasteiger partial charge in [0.05, 0.1) is 5.56 Å². The van der Waals surface area contributed by atoms with Crippen LogP contribution in [0.2, 0.25) is 0 Å². The zero-order valence-electron chi connectivity index (χ0n) is 19.9. The first-order chi connectivity index (χ1) is 17.3. The summed E-state index contributed by atoms with van der Waals surface area (Å²) in [6.45, 7) is 1.49. The number of nitrogens with one attached hydrogen (secondary N) is 2. The second-order valence-corrected chi connectivity index (χ2v) is 9.91. The SMILES string of the molecule is O=C1CC[C@@H](N2Cc3ccc(CNC(=O)OC4CC(C(=O)N5CCCCC5)C4)c(F)c3C2=O)C(=O)N1. The van der Waals surface area contributed by atoms with Gasteiger partial charge in [-0.25, -0.2) is 9.18 Å². The number of hydrogen-bond donors (Lipinski definition) is 2. The normalized spacial score (nSPS) is 25.7. The van der Waals surface area contributed by atoms with Gasteiger partial charge in [-0.3, -0.25) is 24.5 Å². The van der Waals surface area contributed by atoms with Crippen molar-refractivity contribution >= 4 is 29.7 Å². The number of ether oxygens (including phenoxy) is 1. The monoisotopic (exact) mass is 500 g/mol. The second-order valence-electron chi connectivity index (χ2n) is 9.91. The number of hydrogen-bond acceptors (Lipinski definition) is 6. The van der Waals surface area contributed by atoms with Crippen LogP contribution in [-0.4, -0.2) is 64.8 Å². The van der Waals surface area contributed by atoms with E-state index in [1.54, 1.807) is 6.07 Å². The molecule has 0 aromatic heterocycles. The Labute approximate surface area is 207 Å². The van der Waals surface area contributed by atoms with Gasteiger partial charge in [0.25, 0.3) is 5.91 Å². The number of benzene rings is 1. The molecule has 0 bridgehead atoms. The summed E-state index contributed by atoms with van der Waals surface area (Å²) in [5.41, 5.74) is 0.453. The van der Waals surface area contributed by atoms with Crippen molar-refractivity contribution in [2.75, 3.05) is 13.1 Å². The Morgan fingerprint density at radius 2 is 1.86 bits per heavy atom. The average Bonchev–Trinajstić information content (AvgIpc) is 3.17. The molecule has 2 N–H and O–H groups in total. The summed E-state index contributed by atoms with van der Waals surface area (Å²) in [6.07, 6.45) is 3.43. The van der Waals surface area contributed by atoms with Crippen molar-refractivity contribution < 1.29 is 33.1 Å². The van der Waals surface area contributed by atoms with Crippen LogP contribution >= 0.6 is 0 Å². The highest BCUT2D eigenvalue weighted by Crippen LogP contribution is 2.33. The van der Waals surface area contributed by atoms with E-state index in [4.69, 9.17) is 4.74 Å². The van der Waals surface area contributed by atoms with Gasteiger partial charge in [-0.1, -0.05) is 12.1 Å². The summed E-state index contributed by atoms with van der Waals surface area (Å²) in [6, 6.07) is 2.27. The molecule has 3 aliphatic heterocycles. The van der Waals surface area contributed by atoms with E-state index >= 15 is 4.39 Å². The number of imide groups is 1. The molecule has 5 amide bonds. The molecule has 10 nitrogen and oxygen atoms in total. The topological polar surface area (TPSA) is 125 Å². The third kappa shape index (κ3) is 4.66. The molecule has 1 aliphatic carbocycles. The minimum atomic E-state index is -0.827. The lowest BCUT2D eigenvalue weighted by Crippen LogP contribution is -2.52. The minimum Gasteiger partial charge on any atom is -0.446 e. The highest BCUT2D eigenvalue weighted by atomic mass is 19.1. The van der Waals surface area contributed by atoms with E-state index in [0.717, 1.165) is 32.4 Å². The predicted molar refractivity (Wildman–Crippen MR) is 123 cm³/mol. The molecule has 36 heavy (non-hydrogen) atoms. The van der Waals surface area contributed by atoms with Gasteiger partial charge in [0.2, 0.25) is 17.7 Å². The predicted octanol–water partition coefficient (Wildman–Crippen LogP) is 1.60. The van der Waals surface area contributed by atoms with Crippen LogP contribution in [0.1, 0.15) is 66.4 Å². The summed E-state index contributed by atoms with van der Waals surface area (Å²) >= 11 is 0. The van der Waals surface area contributed by atoms with Crippen molar-refractivity contribution in [2.45, 2.75) is 70.2 Å². The molecule has 5 rings (SSSR count). The Kier molecular flexibility index (Phi) is 6.63. The molecule has 4 aliphatic rings. The number of carbonyl (C=O) groups excluding carboxylic acids is 5. The van der Waals surface area contributed by atoms with Gasteiger partial charge in [0.1, 0.15) is 18.0 Å². The number of carbonyl (C=O) groups is 5. The van der Waals surface area contributed by atoms with Gasteiger partial charge in [-0.2, -0.15) is 0 Å². The Balaban J connectivity index is 1.12. The maximum atomic E-state index is 15.2. The maximum absolute atomic E-state index is 15.2. The van der Waals surface area contributed by atoms with E-state index in [9.17, 15) is 24.0 Å². The molecule has 1 atom stereocenters. The fraction of sp³-hybridized carbons (Fsp3) is 0.560. The van der Waals surface area contributed by atoms with Crippen LogP contribution in [0.15, 0.2) is 12.1 Å². The van der Waals surface area contributed by atoms with Crippen molar-refractivity contribution in [2.24, 2.45) is 5.92 Å². The van der Waals surface area contributed by atoms with Crippen molar-refractivity contribution in [3.63, 3.8) is 0 Å². The minimum absolute atomic E-state index is 0.0755. The molecule has 0 spiro atoms. The summed E-state index contributed by atoms with van der Waals surface area (Å²) in [4.78, 5) is 64.4. The lowest BCUT2D eigenvalue weighted by Gasteiger charge is -2.38. The summed E-state index contributed by atoms with van der Waals surface area (Å²) in [5, 5.41) is 4.73. The second kappa shape index (κ2) is 9.87. The number of alkyl carbamates (subject to hydrolysis) is 1. The van der Waals surface area contributed by atoms with Crippen molar-refractivity contribution in [3.8, 4) is 0 Å². The molecular formula is C25H29FN4O6. The number of rotatable bonds is 5. The molecule has 0 radical (unpaired) electrons. The zero-order valence-corrected chi connectivity index (χ0v) is 19.9. The highest BCUT2D eigenvalue weighted by Gasteiger charge is 2.41. The molecule has 3 heterocycles. The summed E-state index contributed by atoms with van der Waals surface area (Å²) in [5.74, 6) is -2.30. The number of piperidine rings is 2. The van der Waals surface area contributed by atoms with E-state index in [0.29, 0.717) is 18.4 Å². The Morgan fingerprint density at radius 3 is 2.58 bits per heavy atom. The van der Waals surface area contributed by atoms with Gasteiger partial charge in [-0.15, -0.1) is 0 Å². The molecule has 2 saturated heterocycles. The average molecular weight is 501 g/mol. The van der Waals surface area contributed by atoms with Crippen LogP contribution < -0.4 is 10.6 Å². The molecule has 3 fully saturated rings. The van der Waals surface area contributed by atoms with E-state index in [2.05, 4.69) is 10.6 Å². The maximum Gasteiger partial charge on any atom is 0.407 e. The van der Waals surface area contributed by atoms with Crippen LogP contribution in [0.5, 0.6) is 0 Å². The third-order valence-corrected chi connectivity index (χ3v) is 7.52. The molecule has 11 heteroatoms. The number of fused-ring (bicyclic) bond motifs is 1. The van der Waals surface area contributed by atoms with Crippen molar-refractivity contribution in [3.05, 3.63) is 34.6 Å². The molecule has 0 unspecified atom stereocenters. The summed E-state index contributed by atoms with van der Waals surface area (Å²) in [7, 11) is 0. The van der Waals surface area contributed by atoms with E-state index in [1.165, 1.54) is 11.0 Å². The number of nitrogens with zero attached hydrogens (tertiary/aromatic N) is 2. The van der Waals surface area contributed by atoms with Gasteiger partial charge in [-0.05, 0) is 44.1 Å². The Hall–Kier alpha value is -3.50. The smallest absolute Gasteiger partial charge is 0.407 e. The molecular weight excluding hydrogens is 471 g/mol. The number of amides is 5. The quantitative estimate of drug-likeness (QED) is 0.592. The first kappa shape index (κ1) is 24.2. The van der Waals surface area contributed by atoms with Gasteiger partial charge in [0.15, 0.2) is 0 Å². The standard InChI is InChI=1S/C25H29FN4O6/c26-21-14(4-5-15-13-30(24(34)20(15)21)18-6-7-19(31)28-22(18)32)12-27-25(35)36-17-10-16(11-17)23(33)29-8-2-1-3-9-29/h4-5,16-18H,1-3,6-13H2,(H,27,35)(H,28,31,32)/t16?,17?,18-/m1/s1. The third-order valence-electron chi connectivity index (χ3n) is 7.52. The Morgan fingerprint density at radius 1 is 1.11 bits per heavy atom. The lowest BCUT2D eigenvalue weighted by molar-refractivity contribution is -0.143. The summed E-state index contributed by atoms with van der Waals surface area (Å²) < 4.78 is 20.6. The first-order valence-electron chi connectivity index (χ1n) is 12.5. The number of likely N-dealkylation sites (tertiary alicyclic amines) is 1. The largest absolute Gasteiger partial charge is 0.446 e. The van der Waals surface area contributed by atoms with Gasteiger partial charge in [0, 0.05) is 44.1 Å². The van der Waals surface area contributed by atoms with Crippen LogP contribution in [0, 0.1) is 11.7 Å². The highest BCUT2D eigenvalue weighted by molar-refractivity contribution is 6.05. The van der Waals surface area contributed by atoms with Crippen molar-refractivity contribution in [1.29, 1.82) is 0 Å². The molecule has 192 valence electrons. The zero-order chi connectivity index (χ0) is 25.4. The van der Waals surface area contributed by atoms with E-state index in [1.807, 2.05) is 4.90 Å². The lowest BCUT2D eigenvalue weighted by atomic mass is 9.81. The van der Waals surface area contributed by atoms with Crippen molar-refractivity contribution in [1.82, 2.24) is 20.4 Å².